The average Bonchev–Trinajstić information content (AvgIpc) is 3.35. The number of aromatic nitrogens is 1. The summed E-state index contributed by atoms with van der Waals surface area (Å²) in [7, 11) is 1.76. The van der Waals surface area contributed by atoms with Crippen molar-refractivity contribution >= 4 is 47.1 Å². The first-order valence-electron chi connectivity index (χ1n) is 10.9. The Balaban J connectivity index is 0.00000259. The molecule has 0 aliphatic carbocycles. The van der Waals surface area contributed by atoms with Crippen LogP contribution in [0.1, 0.15) is 35.3 Å². The molecule has 2 aliphatic heterocycles. The minimum atomic E-state index is -0.118. The van der Waals surface area contributed by atoms with Crippen LogP contribution in [-0.2, 0) is 22.7 Å². The predicted octanol–water partition coefficient (Wildman–Crippen LogP) is 4.15. The number of carbonyl (C=O) groups excluding carboxylic acids is 2. The third-order valence-electron chi connectivity index (χ3n) is 6.39. The highest BCUT2D eigenvalue weighted by Crippen LogP contribution is 2.28. The van der Waals surface area contributed by atoms with Gasteiger partial charge in [-0.2, -0.15) is 0 Å². The van der Waals surface area contributed by atoms with Crippen LogP contribution in [0.4, 0.5) is 5.82 Å². The molecule has 1 fully saturated rings. The van der Waals surface area contributed by atoms with Gasteiger partial charge in [-0.05, 0) is 50.1 Å². The van der Waals surface area contributed by atoms with Crippen LogP contribution in [0.25, 0.3) is 17.0 Å². The van der Waals surface area contributed by atoms with Gasteiger partial charge in [-0.3, -0.25) is 14.5 Å². The number of pyridine rings is 1. The SMILES string of the molecule is Cc1c(CN(C)C(=O)/C=C/c2cnc3c(c2)CN2CCC[C@@H]2C(=O)N3)oc2ccccc12.Cl. The number of para-hydroxylation sites is 1. The zero-order valence-electron chi connectivity index (χ0n) is 18.7. The minimum absolute atomic E-state index is 0. The Labute approximate surface area is 198 Å². The van der Waals surface area contributed by atoms with E-state index in [0.717, 1.165) is 52.8 Å². The smallest absolute Gasteiger partial charge is 0.246 e. The number of anilines is 1. The van der Waals surface area contributed by atoms with E-state index in [1.165, 1.54) is 0 Å². The van der Waals surface area contributed by atoms with Gasteiger partial charge in [0, 0.05) is 42.4 Å². The van der Waals surface area contributed by atoms with E-state index in [9.17, 15) is 9.59 Å². The van der Waals surface area contributed by atoms with Gasteiger partial charge in [0.05, 0.1) is 12.6 Å². The van der Waals surface area contributed by atoms with Crippen LogP contribution in [-0.4, -0.2) is 46.2 Å². The first-order valence-corrected chi connectivity index (χ1v) is 10.9. The molecule has 4 heterocycles. The summed E-state index contributed by atoms with van der Waals surface area (Å²) in [5.41, 5.74) is 3.70. The van der Waals surface area contributed by atoms with Crippen molar-refractivity contribution in [3.63, 3.8) is 0 Å². The van der Waals surface area contributed by atoms with Crippen molar-refractivity contribution in [2.75, 3.05) is 18.9 Å². The Morgan fingerprint density at radius 2 is 2.18 bits per heavy atom. The van der Waals surface area contributed by atoms with E-state index in [1.54, 1.807) is 30.3 Å². The van der Waals surface area contributed by atoms with Crippen LogP contribution in [0, 0.1) is 6.92 Å². The van der Waals surface area contributed by atoms with Crippen LogP contribution < -0.4 is 5.32 Å². The Kier molecular flexibility index (Phi) is 6.54. The number of amides is 2. The first-order chi connectivity index (χ1) is 15.5. The van der Waals surface area contributed by atoms with E-state index in [0.29, 0.717) is 18.9 Å². The van der Waals surface area contributed by atoms with Crippen LogP contribution >= 0.6 is 12.4 Å². The second-order valence-electron chi connectivity index (χ2n) is 8.57. The summed E-state index contributed by atoms with van der Waals surface area (Å²) in [6.07, 6.45) is 6.92. The summed E-state index contributed by atoms with van der Waals surface area (Å²) >= 11 is 0. The van der Waals surface area contributed by atoms with Crippen LogP contribution in [0.3, 0.4) is 0 Å². The van der Waals surface area contributed by atoms with E-state index >= 15 is 0 Å². The number of rotatable bonds is 4. The molecule has 5 rings (SSSR count). The number of hydrogen-bond acceptors (Lipinski definition) is 5. The van der Waals surface area contributed by atoms with Gasteiger partial charge >= 0.3 is 0 Å². The molecule has 2 aromatic heterocycles. The molecule has 172 valence electrons. The number of halogens is 1. The van der Waals surface area contributed by atoms with Gasteiger partial charge in [-0.1, -0.05) is 18.2 Å². The lowest BCUT2D eigenvalue weighted by atomic mass is 10.1. The van der Waals surface area contributed by atoms with Crippen LogP contribution in [0.5, 0.6) is 0 Å². The second-order valence-corrected chi connectivity index (χ2v) is 8.57. The summed E-state index contributed by atoms with van der Waals surface area (Å²) in [4.78, 5) is 33.4. The van der Waals surface area contributed by atoms with Crippen molar-refractivity contribution in [2.45, 2.75) is 38.9 Å². The highest BCUT2D eigenvalue weighted by atomic mass is 35.5. The van der Waals surface area contributed by atoms with Crippen molar-refractivity contribution in [1.82, 2.24) is 14.8 Å². The fourth-order valence-electron chi connectivity index (χ4n) is 4.55. The van der Waals surface area contributed by atoms with Gasteiger partial charge in [0.1, 0.15) is 17.2 Å². The van der Waals surface area contributed by atoms with Crippen molar-refractivity contribution in [3.05, 3.63) is 65.1 Å². The number of furan rings is 1. The standard InChI is InChI=1S/C25H26N4O3.ClH/c1-16-19-6-3-4-8-21(19)32-22(16)15-28(2)23(30)10-9-17-12-18-14-29-11-5-7-20(29)25(31)27-24(18)26-13-17;/h3-4,6,8-10,12-13,20H,5,7,11,14-15H2,1-2H3,(H,26,27,31);1H/b10-9+;/t20-;/m1./s1. The molecule has 0 saturated carbocycles. The highest BCUT2D eigenvalue weighted by Gasteiger charge is 2.34. The first kappa shape index (κ1) is 23.0. The third-order valence-corrected chi connectivity index (χ3v) is 6.39. The Morgan fingerprint density at radius 1 is 1.36 bits per heavy atom. The van der Waals surface area contributed by atoms with Crippen molar-refractivity contribution < 1.29 is 14.0 Å². The maximum Gasteiger partial charge on any atom is 0.246 e. The van der Waals surface area contributed by atoms with Crippen LogP contribution in [0.2, 0.25) is 0 Å². The molecule has 1 atom stereocenters. The molecule has 3 aromatic rings. The maximum absolute atomic E-state index is 12.7. The van der Waals surface area contributed by atoms with Gasteiger partial charge in [0.15, 0.2) is 0 Å². The van der Waals surface area contributed by atoms with E-state index in [2.05, 4.69) is 15.2 Å². The van der Waals surface area contributed by atoms with Crippen molar-refractivity contribution in [3.8, 4) is 0 Å². The molecule has 7 nitrogen and oxygen atoms in total. The van der Waals surface area contributed by atoms with E-state index in [1.807, 2.05) is 37.3 Å². The Hall–Kier alpha value is -3.16. The van der Waals surface area contributed by atoms with E-state index in [-0.39, 0.29) is 30.3 Å². The molecule has 8 heteroatoms. The maximum atomic E-state index is 12.7. The lowest BCUT2D eigenvalue weighted by Gasteiger charge is -2.19. The molecule has 0 radical (unpaired) electrons. The van der Waals surface area contributed by atoms with Crippen molar-refractivity contribution in [1.29, 1.82) is 0 Å². The Morgan fingerprint density at radius 3 is 3.00 bits per heavy atom. The van der Waals surface area contributed by atoms with E-state index in [4.69, 9.17) is 4.42 Å². The Bertz CT molecular complexity index is 1240. The van der Waals surface area contributed by atoms with Gasteiger partial charge in [-0.25, -0.2) is 4.98 Å². The quantitative estimate of drug-likeness (QED) is 0.584. The zero-order valence-corrected chi connectivity index (χ0v) is 19.5. The molecule has 1 N–H and O–H groups in total. The second kappa shape index (κ2) is 9.37. The normalized spacial score (nSPS) is 17.9. The lowest BCUT2D eigenvalue weighted by Crippen LogP contribution is -2.36. The summed E-state index contributed by atoms with van der Waals surface area (Å²) < 4.78 is 5.93. The fraction of sp³-hybridized carbons (Fsp3) is 0.320. The monoisotopic (exact) mass is 466 g/mol. The van der Waals surface area contributed by atoms with E-state index < -0.39 is 0 Å². The number of hydrogen-bond donors (Lipinski definition) is 1. The average molecular weight is 467 g/mol. The molecule has 1 saturated heterocycles. The number of nitrogens with zero attached hydrogens (tertiary/aromatic N) is 3. The van der Waals surface area contributed by atoms with Gasteiger partial charge < -0.3 is 14.6 Å². The summed E-state index contributed by atoms with van der Waals surface area (Å²) in [5.74, 6) is 1.31. The highest BCUT2D eigenvalue weighted by molar-refractivity contribution is 5.96. The molecule has 2 aliphatic rings. The largest absolute Gasteiger partial charge is 0.459 e. The summed E-state index contributed by atoms with van der Waals surface area (Å²) in [6.45, 7) is 4.02. The summed E-state index contributed by atoms with van der Waals surface area (Å²) in [6, 6.07) is 9.81. The summed E-state index contributed by atoms with van der Waals surface area (Å²) in [5, 5.41) is 4.02. The number of benzene rings is 1. The van der Waals surface area contributed by atoms with Crippen LogP contribution in [0.15, 0.2) is 47.0 Å². The molecular formula is C25H27ClN4O3. The zero-order chi connectivity index (χ0) is 22.2. The topological polar surface area (TPSA) is 78.7 Å². The fourth-order valence-corrected chi connectivity index (χ4v) is 4.55. The third kappa shape index (κ3) is 4.51. The van der Waals surface area contributed by atoms with Gasteiger partial charge in [0.2, 0.25) is 11.8 Å². The molecule has 2 amide bonds. The molecule has 0 spiro atoms. The number of carbonyl (C=O) groups is 2. The number of aryl methyl sites for hydroxylation is 1. The number of likely N-dealkylation sites (N-methyl/N-ethyl adjacent to an activating group) is 1. The minimum Gasteiger partial charge on any atom is -0.459 e. The molecule has 1 aromatic carbocycles. The predicted molar refractivity (Wildman–Crippen MR) is 130 cm³/mol. The lowest BCUT2D eigenvalue weighted by molar-refractivity contribution is -0.125. The van der Waals surface area contributed by atoms with Crippen molar-refractivity contribution in [2.24, 2.45) is 0 Å². The van der Waals surface area contributed by atoms with Gasteiger partial charge in [0.25, 0.3) is 0 Å². The van der Waals surface area contributed by atoms with Gasteiger partial charge in [-0.15, -0.1) is 12.4 Å². The molecular weight excluding hydrogens is 440 g/mol. The molecule has 0 bridgehead atoms. The number of fused-ring (bicyclic) bond motifs is 3. The molecule has 33 heavy (non-hydrogen) atoms. The molecule has 0 unspecified atom stereocenters. The number of nitrogens with one attached hydrogen (secondary N) is 1.